The Morgan fingerprint density at radius 2 is 2.00 bits per heavy atom. The van der Waals surface area contributed by atoms with Gasteiger partial charge in [0.15, 0.2) is 0 Å². The van der Waals surface area contributed by atoms with Crippen molar-refractivity contribution < 1.29 is 4.43 Å². The fraction of sp³-hybridized carbons (Fsp3) is 0.200. The molecule has 0 unspecified atom stereocenters. The molecule has 12 heavy (non-hydrogen) atoms. The van der Waals surface area contributed by atoms with Gasteiger partial charge in [0, 0.05) is 0 Å². The first-order valence-corrected chi connectivity index (χ1v) is 6.91. The Morgan fingerprint density at radius 3 is 2.50 bits per heavy atom. The summed E-state index contributed by atoms with van der Waals surface area (Å²) < 4.78 is 5.75. The third-order valence-corrected chi connectivity index (χ3v) is 3.31. The number of rotatable bonds is 3. The van der Waals surface area contributed by atoms with Crippen molar-refractivity contribution in [3.05, 3.63) is 42.6 Å². The van der Waals surface area contributed by atoms with Gasteiger partial charge in [-0.25, -0.2) is 0 Å². The zero-order chi connectivity index (χ0) is 9.03. The predicted octanol–water partition coefficient (Wildman–Crippen LogP) is 2.80. The van der Waals surface area contributed by atoms with Crippen LogP contribution < -0.4 is 4.43 Å². The minimum absolute atomic E-state index is 0.908. The van der Waals surface area contributed by atoms with E-state index in [1.807, 2.05) is 30.0 Å². The summed E-state index contributed by atoms with van der Waals surface area (Å²) in [6.45, 7) is 7.97. The average Bonchev–Trinajstić information content (AvgIpc) is 2.06. The molecule has 1 rings (SSSR count). The molecule has 1 nitrogen and oxygen atoms in total. The van der Waals surface area contributed by atoms with Crippen LogP contribution in [0, 0.1) is 6.07 Å². The van der Waals surface area contributed by atoms with Gasteiger partial charge in [0.2, 0.25) is 0 Å². The maximum absolute atomic E-state index is 5.75. The Labute approximate surface area is 74.8 Å². The van der Waals surface area contributed by atoms with E-state index in [4.69, 9.17) is 4.43 Å². The quantitative estimate of drug-likeness (QED) is 0.645. The molecule has 2 heteroatoms. The first-order chi connectivity index (χ1) is 5.64. The maximum Gasteiger partial charge on any atom is 0.269 e. The van der Waals surface area contributed by atoms with Gasteiger partial charge in [0.1, 0.15) is 5.75 Å². The highest BCUT2D eigenvalue weighted by atomic mass is 28.4. The third kappa shape index (κ3) is 2.55. The van der Waals surface area contributed by atoms with Crippen LogP contribution in [-0.2, 0) is 0 Å². The molecule has 0 saturated heterocycles. The van der Waals surface area contributed by atoms with Crippen molar-refractivity contribution in [2.45, 2.75) is 13.1 Å². The van der Waals surface area contributed by atoms with E-state index in [9.17, 15) is 0 Å². The summed E-state index contributed by atoms with van der Waals surface area (Å²) in [6, 6.07) is 10.5. The smallest absolute Gasteiger partial charge is 0.269 e. The fourth-order valence-corrected chi connectivity index (χ4v) is 1.61. The van der Waals surface area contributed by atoms with Gasteiger partial charge in [-0.3, -0.25) is 0 Å². The number of hydrogen-bond acceptors (Lipinski definition) is 1. The minimum Gasteiger partial charge on any atom is -0.540 e. The minimum atomic E-state index is -1.67. The van der Waals surface area contributed by atoms with Crippen LogP contribution in [-0.4, -0.2) is 8.32 Å². The lowest BCUT2D eigenvalue weighted by Gasteiger charge is -2.19. The SMILES string of the molecule is C=C[Si](C)(C)Oc1cc[c]cc1. The Kier molecular flexibility index (Phi) is 2.71. The number of benzene rings is 1. The van der Waals surface area contributed by atoms with Crippen molar-refractivity contribution in [1.29, 1.82) is 0 Å². The second kappa shape index (κ2) is 3.58. The van der Waals surface area contributed by atoms with Gasteiger partial charge in [0.25, 0.3) is 8.32 Å². The van der Waals surface area contributed by atoms with Gasteiger partial charge in [-0.2, -0.15) is 0 Å². The molecule has 0 fully saturated rings. The summed E-state index contributed by atoms with van der Waals surface area (Å²) in [4.78, 5) is 0. The van der Waals surface area contributed by atoms with Crippen molar-refractivity contribution in [2.24, 2.45) is 0 Å². The molecule has 1 aromatic rings. The van der Waals surface area contributed by atoms with Crippen LogP contribution in [0.5, 0.6) is 5.75 Å². The first-order valence-electron chi connectivity index (χ1n) is 3.93. The molecule has 1 radical (unpaired) electrons. The normalized spacial score (nSPS) is 10.8. The Balaban J connectivity index is 2.70. The molecule has 63 valence electrons. The predicted molar refractivity (Wildman–Crippen MR) is 53.6 cm³/mol. The van der Waals surface area contributed by atoms with Crippen molar-refractivity contribution in [3.8, 4) is 5.75 Å². The zero-order valence-electron chi connectivity index (χ0n) is 7.50. The van der Waals surface area contributed by atoms with Gasteiger partial charge in [-0.1, -0.05) is 17.8 Å². The van der Waals surface area contributed by atoms with Crippen LogP contribution in [0.4, 0.5) is 0 Å². The second-order valence-corrected chi connectivity index (χ2v) is 6.96. The van der Waals surface area contributed by atoms with Crippen LogP contribution >= 0.6 is 0 Å². The van der Waals surface area contributed by atoms with E-state index in [0.29, 0.717) is 0 Å². The Hall–Kier alpha value is -1.02. The summed E-state index contributed by atoms with van der Waals surface area (Å²) in [5, 5.41) is 0. The average molecular weight is 177 g/mol. The molecule has 0 heterocycles. The maximum atomic E-state index is 5.75. The van der Waals surface area contributed by atoms with Crippen molar-refractivity contribution in [1.82, 2.24) is 0 Å². The van der Waals surface area contributed by atoms with Gasteiger partial charge in [-0.15, -0.1) is 6.58 Å². The lowest BCUT2D eigenvalue weighted by molar-refractivity contribution is 0.563. The van der Waals surface area contributed by atoms with Gasteiger partial charge < -0.3 is 4.43 Å². The highest BCUT2D eigenvalue weighted by Gasteiger charge is 2.18. The third-order valence-electron chi connectivity index (χ3n) is 1.56. The lowest BCUT2D eigenvalue weighted by atomic mass is 10.3. The molecular weight excluding hydrogens is 164 g/mol. The molecule has 0 saturated carbocycles. The highest BCUT2D eigenvalue weighted by molar-refractivity contribution is 6.76. The monoisotopic (exact) mass is 177 g/mol. The standard InChI is InChI=1S/C10H13OSi/c1-4-12(2,3)11-10-8-6-5-7-9-10/h4,6-9H,1H2,2-3H3. The van der Waals surface area contributed by atoms with Gasteiger partial charge in [-0.05, 0) is 31.3 Å². The van der Waals surface area contributed by atoms with E-state index in [1.54, 1.807) is 0 Å². The molecule has 0 aromatic heterocycles. The van der Waals surface area contributed by atoms with Gasteiger partial charge in [0.05, 0.1) is 0 Å². The van der Waals surface area contributed by atoms with E-state index >= 15 is 0 Å². The van der Waals surface area contributed by atoms with Crippen molar-refractivity contribution in [3.63, 3.8) is 0 Å². The van der Waals surface area contributed by atoms with Crippen molar-refractivity contribution >= 4 is 8.32 Å². The molecule has 0 spiro atoms. The molecule has 1 aromatic carbocycles. The highest BCUT2D eigenvalue weighted by Crippen LogP contribution is 2.14. The topological polar surface area (TPSA) is 9.23 Å². The lowest BCUT2D eigenvalue weighted by Crippen LogP contribution is -2.31. The largest absolute Gasteiger partial charge is 0.540 e. The van der Waals surface area contributed by atoms with E-state index in [-0.39, 0.29) is 0 Å². The molecule has 0 aliphatic heterocycles. The molecule has 0 aliphatic carbocycles. The summed E-state index contributed by atoms with van der Waals surface area (Å²) in [5.41, 5.74) is 1.92. The van der Waals surface area contributed by atoms with Crippen LogP contribution in [0.2, 0.25) is 13.1 Å². The van der Waals surface area contributed by atoms with Crippen LogP contribution in [0.1, 0.15) is 0 Å². The summed E-state index contributed by atoms with van der Waals surface area (Å²) in [7, 11) is -1.67. The molecule has 0 bridgehead atoms. The zero-order valence-corrected chi connectivity index (χ0v) is 8.50. The molecular formula is C10H13OSi. The Morgan fingerprint density at radius 1 is 1.42 bits per heavy atom. The molecule has 0 aliphatic rings. The van der Waals surface area contributed by atoms with E-state index in [0.717, 1.165) is 5.75 Å². The Bertz CT molecular complexity index is 254. The molecule has 0 amide bonds. The summed E-state index contributed by atoms with van der Waals surface area (Å²) in [6.07, 6.45) is 0. The van der Waals surface area contributed by atoms with E-state index in [2.05, 4.69) is 25.7 Å². The summed E-state index contributed by atoms with van der Waals surface area (Å²) >= 11 is 0. The fourth-order valence-electron chi connectivity index (χ4n) is 0.785. The van der Waals surface area contributed by atoms with E-state index < -0.39 is 8.32 Å². The number of hydrogen-bond donors (Lipinski definition) is 0. The first kappa shape index (κ1) is 9.07. The second-order valence-electron chi connectivity index (χ2n) is 3.15. The van der Waals surface area contributed by atoms with E-state index in [1.165, 1.54) is 0 Å². The van der Waals surface area contributed by atoms with Gasteiger partial charge >= 0.3 is 0 Å². The summed E-state index contributed by atoms with van der Waals surface area (Å²) in [5.74, 6) is 0.908. The van der Waals surface area contributed by atoms with Crippen LogP contribution in [0.15, 0.2) is 36.5 Å². The molecule has 0 N–H and O–H groups in total. The van der Waals surface area contributed by atoms with Crippen molar-refractivity contribution in [2.75, 3.05) is 0 Å². The molecule has 0 atom stereocenters. The van der Waals surface area contributed by atoms with Crippen LogP contribution in [0.25, 0.3) is 0 Å². The van der Waals surface area contributed by atoms with Crippen LogP contribution in [0.3, 0.4) is 0 Å².